The predicted molar refractivity (Wildman–Crippen MR) is 133 cm³/mol. The van der Waals surface area contributed by atoms with Gasteiger partial charge in [0.05, 0.1) is 34.9 Å². The second-order valence-corrected chi connectivity index (χ2v) is 9.45. The van der Waals surface area contributed by atoms with Gasteiger partial charge < -0.3 is 25.4 Å². The second-order valence-electron chi connectivity index (χ2n) is 8.39. The van der Waals surface area contributed by atoms with E-state index in [-0.39, 0.29) is 34.1 Å². The van der Waals surface area contributed by atoms with Crippen LogP contribution in [0, 0.1) is 12.7 Å². The van der Waals surface area contributed by atoms with E-state index in [2.05, 4.69) is 25.6 Å². The number of rotatable bonds is 10. The van der Waals surface area contributed by atoms with Gasteiger partial charge in [-0.1, -0.05) is 36.0 Å². The van der Waals surface area contributed by atoms with E-state index in [1.165, 1.54) is 18.7 Å². The molecule has 36 heavy (non-hydrogen) atoms. The molecule has 0 spiro atoms. The topological polar surface area (TPSA) is 138 Å². The van der Waals surface area contributed by atoms with E-state index in [1.807, 2.05) is 6.92 Å². The van der Waals surface area contributed by atoms with Crippen molar-refractivity contribution in [3.63, 3.8) is 0 Å². The Morgan fingerprint density at radius 1 is 1.39 bits per heavy atom. The normalized spacial score (nSPS) is 35.9. The van der Waals surface area contributed by atoms with Crippen molar-refractivity contribution in [1.82, 2.24) is 25.0 Å². The molecule has 2 aliphatic carbocycles. The van der Waals surface area contributed by atoms with Crippen LogP contribution in [0.25, 0.3) is 11.2 Å². The van der Waals surface area contributed by atoms with Crippen LogP contribution >= 0.6 is 11.8 Å². The third-order valence-corrected chi connectivity index (χ3v) is 6.96. The summed E-state index contributed by atoms with van der Waals surface area (Å²) in [7, 11) is 0. The number of aliphatic hydroxyl groups excluding tert-OH is 2. The minimum atomic E-state index is -3.43. The van der Waals surface area contributed by atoms with Crippen LogP contribution in [0.4, 0.5) is 10.2 Å². The number of thioether (sulfide) groups is 1. The standard InChI is InChI=1S/C24H31FN6O4S/c1-3-8-36-24-27-22(26-16-10-14(16)13-5-4-12(2)15(25)9-13)19-23(28-24)31(30-29-19)17-11-18(35-7-6-32)21(34)20(17)33/h4-5,9,14,16-18,20-21,32-34H,3,6-8,10-11H2,1-2H3,(H,26,27,28)/t14-,16+,17+,18-,20-,21+/m0/s1/i4D,5D,6D2,7D2,9D,10D2,14D. The summed E-state index contributed by atoms with van der Waals surface area (Å²) >= 11 is 1.21. The molecule has 0 radical (unpaired) electrons. The summed E-state index contributed by atoms with van der Waals surface area (Å²) in [5.74, 6) is -3.06. The van der Waals surface area contributed by atoms with Gasteiger partial charge in [0.25, 0.3) is 0 Å². The molecule has 0 bridgehead atoms. The molecular weight excluding hydrogens is 487 g/mol. The highest BCUT2D eigenvalue weighted by Crippen LogP contribution is 2.44. The smallest absolute Gasteiger partial charge is 0.191 e. The summed E-state index contributed by atoms with van der Waals surface area (Å²) in [6, 6.07) is -4.69. The molecule has 2 fully saturated rings. The van der Waals surface area contributed by atoms with E-state index < -0.39 is 85.3 Å². The van der Waals surface area contributed by atoms with Crippen molar-refractivity contribution >= 4 is 28.7 Å². The second kappa shape index (κ2) is 10.5. The molecule has 2 aromatic heterocycles. The molecule has 4 N–H and O–H groups in total. The Kier molecular flexibility index (Phi) is 4.62. The quantitative estimate of drug-likeness (QED) is 0.229. The van der Waals surface area contributed by atoms with Crippen LogP contribution in [0.5, 0.6) is 0 Å². The Balaban J connectivity index is 1.54. The minimum Gasteiger partial charge on any atom is -0.394 e. The van der Waals surface area contributed by atoms with Crippen molar-refractivity contribution in [2.45, 2.75) is 74.5 Å². The molecule has 2 saturated carbocycles. The number of hydrogen-bond acceptors (Lipinski definition) is 10. The van der Waals surface area contributed by atoms with Crippen LogP contribution in [-0.2, 0) is 4.74 Å². The largest absolute Gasteiger partial charge is 0.394 e. The van der Waals surface area contributed by atoms with Gasteiger partial charge in [0.1, 0.15) is 18.0 Å². The number of ether oxygens (including phenoxy) is 1. The Hall–Kier alpha value is -2.38. The van der Waals surface area contributed by atoms with Crippen molar-refractivity contribution in [3.05, 3.63) is 35.1 Å². The van der Waals surface area contributed by atoms with E-state index >= 15 is 0 Å². The van der Waals surface area contributed by atoms with Gasteiger partial charge in [-0.05, 0) is 36.9 Å². The first-order valence-electron chi connectivity index (χ1n) is 16.3. The minimum absolute atomic E-state index is 0.0116. The van der Waals surface area contributed by atoms with Crippen LogP contribution in [0.1, 0.15) is 62.9 Å². The van der Waals surface area contributed by atoms with E-state index in [9.17, 15) is 19.7 Å². The van der Waals surface area contributed by atoms with E-state index in [0.29, 0.717) is 12.2 Å². The first-order valence-corrected chi connectivity index (χ1v) is 12.2. The van der Waals surface area contributed by atoms with Gasteiger partial charge in [-0.3, -0.25) is 0 Å². The third-order valence-electron chi connectivity index (χ3n) is 5.90. The Bertz CT molecular complexity index is 1650. The molecular formula is C24H31FN6O4S. The van der Waals surface area contributed by atoms with E-state index in [0.717, 1.165) is 4.68 Å². The average molecular weight is 529 g/mol. The number of anilines is 1. The predicted octanol–water partition coefficient (Wildman–Crippen LogP) is 2.18. The third kappa shape index (κ3) is 4.92. The molecule has 194 valence electrons. The Morgan fingerprint density at radius 3 is 3.00 bits per heavy atom. The lowest BCUT2D eigenvalue weighted by atomic mass is 10.1. The number of benzene rings is 1. The van der Waals surface area contributed by atoms with Crippen molar-refractivity contribution in [3.8, 4) is 0 Å². The Morgan fingerprint density at radius 2 is 2.22 bits per heavy atom. The van der Waals surface area contributed by atoms with Crippen molar-refractivity contribution in [1.29, 1.82) is 0 Å². The molecule has 0 aliphatic heterocycles. The summed E-state index contributed by atoms with van der Waals surface area (Å²) < 4.78 is 102. The fourth-order valence-corrected chi connectivity index (χ4v) is 4.67. The lowest BCUT2D eigenvalue weighted by Gasteiger charge is -2.17. The number of aromatic nitrogens is 5. The molecule has 0 unspecified atom stereocenters. The number of nitrogens with zero attached hydrogens (tertiary/aromatic N) is 5. The summed E-state index contributed by atoms with van der Waals surface area (Å²) in [5.41, 5.74) is -0.938. The zero-order valence-corrected chi connectivity index (χ0v) is 20.1. The number of aliphatic hydroxyl groups is 3. The maximum atomic E-state index is 14.8. The SMILES string of the molecule is [2H]c1c([2H])c([C@@]2([2H])[C@H](Nc3nc(SCCC)nc4c3nnn4[C@@H]3C[C@H](OC([2H])([2H])C([2H])([2H])O)[C@@H](O)[C@H]3O)C2([2H])[2H])c([2H])c(F)c1C. The van der Waals surface area contributed by atoms with Gasteiger partial charge in [-0.2, -0.15) is 0 Å². The fourth-order valence-electron chi connectivity index (χ4n) is 3.98. The van der Waals surface area contributed by atoms with Gasteiger partial charge in [-0.15, -0.1) is 5.10 Å². The zero-order valence-electron chi connectivity index (χ0n) is 29.3. The summed E-state index contributed by atoms with van der Waals surface area (Å²) in [6.45, 7) is -3.54. The van der Waals surface area contributed by atoms with E-state index in [4.69, 9.17) is 18.4 Å². The first-order chi connectivity index (χ1) is 21.2. The maximum absolute atomic E-state index is 14.8. The van der Waals surface area contributed by atoms with Crippen molar-refractivity contribution in [2.24, 2.45) is 0 Å². The van der Waals surface area contributed by atoms with Crippen LogP contribution in [0.3, 0.4) is 0 Å². The van der Waals surface area contributed by atoms with Crippen molar-refractivity contribution < 1.29 is 38.2 Å². The Labute approximate surface area is 226 Å². The lowest BCUT2D eigenvalue weighted by Crippen LogP contribution is -2.33. The van der Waals surface area contributed by atoms with Crippen LogP contribution < -0.4 is 5.32 Å². The molecule has 0 saturated heterocycles. The molecule has 6 atom stereocenters. The van der Waals surface area contributed by atoms with Gasteiger partial charge in [0, 0.05) is 28.2 Å². The van der Waals surface area contributed by atoms with Gasteiger partial charge in [0.2, 0.25) is 0 Å². The highest BCUT2D eigenvalue weighted by atomic mass is 32.2. The zero-order chi connectivity index (χ0) is 34.3. The fraction of sp³-hybridized carbons (Fsp3) is 0.583. The summed E-state index contributed by atoms with van der Waals surface area (Å²) in [5, 5.41) is 42.0. The highest BCUT2D eigenvalue weighted by molar-refractivity contribution is 7.99. The molecule has 2 aliphatic rings. The lowest BCUT2D eigenvalue weighted by molar-refractivity contribution is -0.0629. The highest BCUT2D eigenvalue weighted by Gasteiger charge is 2.45. The number of hydrogen-bond donors (Lipinski definition) is 4. The first kappa shape index (κ1) is 15.8. The average Bonchev–Trinajstić information content (AvgIpc) is 3.27. The van der Waals surface area contributed by atoms with E-state index in [1.54, 1.807) is 0 Å². The molecule has 0 amide bonds. The summed E-state index contributed by atoms with van der Waals surface area (Å²) in [4.78, 5) is 8.88. The molecule has 2 heterocycles. The molecule has 3 aromatic rings. The van der Waals surface area contributed by atoms with Crippen LogP contribution in [-0.4, -0.2) is 83.5 Å². The van der Waals surface area contributed by atoms with Gasteiger partial charge in [-0.25, -0.2) is 19.0 Å². The van der Waals surface area contributed by atoms with Crippen LogP contribution in [0.2, 0.25) is 0 Å². The molecule has 1 aromatic carbocycles. The monoisotopic (exact) mass is 528 g/mol. The number of nitrogens with one attached hydrogen (secondary N) is 1. The maximum Gasteiger partial charge on any atom is 0.191 e. The van der Waals surface area contributed by atoms with Gasteiger partial charge in [0.15, 0.2) is 22.1 Å². The van der Waals surface area contributed by atoms with Crippen molar-refractivity contribution in [2.75, 3.05) is 24.2 Å². The number of fused-ring (bicyclic) bond motifs is 1. The summed E-state index contributed by atoms with van der Waals surface area (Å²) in [6.07, 6.45) is -6.91. The molecule has 5 rings (SSSR count). The van der Waals surface area contributed by atoms with Crippen LogP contribution in [0.15, 0.2) is 23.3 Å². The number of halogens is 1. The van der Waals surface area contributed by atoms with Gasteiger partial charge >= 0.3 is 0 Å². The molecule has 12 heteroatoms. The molecule has 10 nitrogen and oxygen atoms in total.